The van der Waals surface area contributed by atoms with Gasteiger partial charge in [-0.1, -0.05) is 18.2 Å². The number of imidazole rings is 1. The second kappa shape index (κ2) is 6.73. The molecule has 3 aromatic rings. The topological polar surface area (TPSA) is 95.8 Å². The van der Waals surface area contributed by atoms with Gasteiger partial charge in [-0.25, -0.2) is 9.78 Å². The van der Waals surface area contributed by atoms with Crippen LogP contribution in [0.1, 0.15) is 35.5 Å². The maximum absolute atomic E-state index is 12.5. The Morgan fingerprint density at radius 2 is 1.83 bits per heavy atom. The molecule has 148 valence electrons. The maximum atomic E-state index is 12.5. The van der Waals surface area contributed by atoms with Crippen molar-refractivity contribution in [2.75, 3.05) is 5.32 Å². The molecule has 29 heavy (non-hydrogen) atoms. The number of fused-ring (bicyclic) bond motifs is 1. The van der Waals surface area contributed by atoms with Crippen molar-refractivity contribution in [3.63, 3.8) is 0 Å². The Bertz CT molecular complexity index is 1130. The highest BCUT2D eigenvalue weighted by Crippen LogP contribution is 2.20. The van der Waals surface area contributed by atoms with Crippen LogP contribution in [0, 0.1) is 6.92 Å². The predicted molar refractivity (Wildman–Crippen MR) is 107 cm³/mol. The van der Waals surface area contributed by atoms with Crippen molar-refractivity contribution >= 4 is 29.2 Å². The molecule has 1 saturated heterocycles. The third-order valence-electron chi connectivity index (χ3n) is 4.83. The minimum atomic E-state index is -0.891. The molecule has 0 saturated carbocycles. The first-order valence-corrected chi connectivity index (χ1v) is 9.23. The number of anilines is 1. The number of nitrogens with zero attached hydrogens (tertiary/aromatic N) is 3. The summed E-state index contributed by atoms with van der Waals surface area (Å²) in [5.74, 6) is -0.572. The summed E-state index contributed by atoms with van der Waals surface area (Å²) in [6.45, 7) is 5.49. The summed E-state index contributed by atoms with van der Waals surface area (Å²) in [4.78, 5) is 42.3. The zero-order valence-corrected chi connectivity index (χ0v) is 16.4. The zero-order valence-electron chi connectivity index (χ0n) is 16.4. The molecule has 0 spiro atoms. The van der Waals surface area contributed by atoms with Crippen molar-refractivity contribution in [2.45, 2.75) is 32.9 Å². The average Bonchev–Trinajstić information content (AvgIpc) is 3.17. The highest BCUT2D eigenvalue weighted by Gasteiger charge is 2.43. The molecular formula is C21H21N5O3. The first-order valence-electron chi connectivity index (χ1n) is 9.23. The van der Waals surface area contributed by atoms with E-state index in [9.17, 15) is 14.4 Å². The Kier molecular flexibility index (Phi) is 4.34. The molecule has 8 heteroatoms. The van der Waals surface area contributed by atoms with Crippen molar-refractivity contribution in [3.05, 3.63) is 65.6 Å². The Balaban J connectivity index is 1.44. The Labute approximate surface area is 167 Å². The van der Waals surface area contributed by atoms with Gasteiger partial charge in [0.2, 0.25) is 0 Å². The smallest absolute Gasteiger partial charge is 0.324 e. The number of carbonyl (C=O) groups is 3. The van der Waals surface area contributed by atoms with Gasteiger partial charge >= 0.3 is 6.03 Å². The minimum Gasteiger partial charge on any atom is -0.324 e. The van der Waals surface area contributed by atoms with E-state index in [4.69, 9.17) is 0 Å². The van der Waals surface area contributed by atoms with Crippen LogP contribution >= 0.6 is 0 Å². The molecule has 0 bridgehead atoms. The first-order chi connectivity index (χ1) is 13.7. The fourth-order valence-electron chi connectivity index (χ4n) is 3.25. The number of aryl methyl sites for hydroxylation is 1. The van der Waals surface area contributed by atoms with Crippen LogP contribution in [0.3, 0.4) is 0 Å². The van der Waals surface area contributed by atoms with Crippen molar-refractivity contribution in [1.82, 2.24) is 19.6 Å². The molecule has 8 nitrogen and oxygen atoms in total. The van der Waals surface area contributed by atoms with Gasteiger partial charge in [-0.3, -0.25) is 14.5 Å². The second-order valence-corrected chi connectivity index (χ2v) is 7.70. The van der Waals surface area contributed by atoms with Gasteiger partial charge in [0, 0.05) is 18.1 Å². The number of nitrogens with one attached hydrogen (secondary N) is 2. The number of imide groups is 1. The van der Waals surface area contributed by atoms with E-state index >= 15 is 0 Å². The number of rotatable bonds is 4. The highest BCUT2D eigenvalue weighted by molar-refractivity contribution is 6.06. The number of pyridine rings is 1. The maximum Gasteiger partial charge on any atom is 0.325 e. The Hall–Kier alpha value is -3.68. The van der Waals surface area contributed by atoms with E-state index in [0.717, 1.165) is 11.1 Å². The van der Waals surface area contributed by atoms with Crippen LogP contribution in [0.15, 0.2) is 48.8 Å². The van der Waals surface area contributed by atoms with E-state index in [2.05, 4.69) is 15.6 Å². The van der Waals surface area contributed by atoms with Gasteiger partial charge in [-0.05, 0) is 50.1 Å². The summed E-state index contributed by atoms with van der Waals surface area (Å²) < 4.78 is 1.81. The molecular weight excluding hydrogens is 370 g/mol. The SMILES string of the molecule is Cc1ccc2nc(C(=O)Nc3ccc(CN4C(=O)NC(C)(C)C4=O)cc3)cn2c1. The lowest BCUT2D eigenvalue weighted by molar-refractivity contribution is -0.130. The fourth-order valence-corrected chi connectivity index (χ4v) is 3.25. The highest BCUT2D eigenvalue weighted by atomic mass is 16.2. The molecule has 1 aromatic carbocycles. The largest absolute Gasteiger partial charge is 0.325 e. The van der Waals surface area contributed by atoms with Crippen molar-refractivity contribution in [1.29, 1.82) is 0 Å². The number of amides is 4. The van der Waals surface area contributed by atoms with E-state index in [1.54, 1.807) is 44.3 Å². The minimum absolute atomic E-state index is 0.175. The molecule has 0 unspecified atom stereocenters. The molecule has 0 radical (unpaired) electrons. The fraction of sp³-hybridized carbons (Fsp3) is 0.238. The molecule has 4 amide bonds. The first kappa shape index (κ1) is 18.7. The van der Waals surface area contributed by atoms with Gasteiger partial charge < -0.3 is 15.0 Å². The average molecular weight is 391 g/mol. The quantitative estimate of drug-likeness (QED) is 0.669. The molecule has 1 aliphatic rings. The van der Waals surface area contributed by atoms with E-state index in [-0.39, 0.29) is 18.4 Å². The summed E-state index contributed by atoms with van der Waals surface area (Å²) >= 11 is 0. The van der Waals surface area contributed by atoms with Crippen molar-refractivity contribution in [3.8, 4) is 0 Å². The lowest BCUT2D eigenvalue weighted by Gasteiger charge is -2.16. The summed E-state index contributed by atoms with van der Waals surface area (Å²) in [6.07, 6.45) is 3.59. The van der Waals surface area contributed by atoms with Gasteiger partial charge in [-0.2, -0.15) is 0 Å². The van der Waals surface area contributed by atoms with Crippen LogP contribution in [-0.4, -0.2) is 37.7 Å². The number of aromatic nitrogens is 2. The standard InChI is InChI=1S/C21H21N5O3/c1-13-4-9-17-23-16(12-25(17)10-13)18(27)22-15-7-5-14(6-8-15)11-26-19(28)21(2,3)24-20(26)29/h4-10,12H,11H2,1-3H3,(H,22,27)(H,24,29). The summed E-state index contributed by atoms with van der Waals surface area (Å²) in [7, 11) is 0. The van der Waals surface area contributed by atoms with Crippen LogP contribution in [0.2, 0.25) is 0 Å². The van der Waals surface area contributed by atoms with E-state index in [1.807, 2.05) is 29.7 Å². The van der Waals surface area contributed by atoms with Crippen molar-refractivity contribution in [2.24, 2.45) is 0 Å². The molecule has 2 N–H and O–H groups in total. The Morgan fingerprint density at radius 3 is 2.48 bits per heavy atom. The number of hydrogen-bond acceptors (Lipinski definition) is 4. The normalized spacial score (nSPS) is 15.6. The number of carbonyl (C=O) groups excluding carboxylic acids is 3. The number of benzene rings is 1. The third-order valence-corrected chi connectivity index (χ3v) is 4.83. The van der Waals surface area contributed by atoms with Gasteiger partial charge in [0.05, 0.1) is 6.54 Å². The van der Waals surface area contributed by atoms with E-state index in [0.29, 0.717) is 17.0 Å². The predicted octanol–water partition coefficient (Wildman–Crippen LogP) is 2.73. The lowest BCUT2D eigenvalue weighted by Crippen LogP contribution is -2.40. The van der Waals surface area contributed by atoms with Gasteiger partial charge in [-0.15, -0.1) is 0 Å². The summed E-state index contributed by atoms with van der Waals surface area (Å²) in [5.41, 5.74) is 2.59. The van der Waals surface area contributed by atoms with E-state index in [1.165, 1.54) is 4.90 Å². The zero-order chi connectivity index (χ0) is 20.8. The molecule has 1 aliphatic heterocycles. The molecule has 0 atom stereocenters. The monoisotopic (exact) mass is 391 g/mol. The number of hydrogen-bond donors (Lipinski definition) is 2. The second-order valence-electron chi connectivity index (χ2n) is 7.70. The Morgan fingerprint density at radius 1 is 1.10 bits per heavy atom. The molecule has 3 heterocycles. The molecule has 4 rings (SSSR count). The number of urea groups is 1. The van der Waals surface area contributed by atoms with Gasteiger partial charge in [0.1, 0.15) is 16.9 Å². The van der Waals surface area contributed by atoms with Crippen molar-refractivity contribution < 1.29 is 14.4 Å². The molecule has 0 aliphatic carbocycles. The lowest BCUT2D eigenvalue weighted by atomic mass is 10.1. The molecule has 1 fully saturated rings. The van der Waals surface area contributed by atoms with Crippen LogP contribution in [0.25, 0.3) is 5.65 Å². The summed E-state index contributed by atoms with van der Waals surface area (Å²) in [6, 6.07) is 10.4. The van der Waals surface area contributed by atoms with Gasteiger partial charge in [0.25, 0.3) is 11.8 Å². The van der Waals surface area contributed by atoms with Crippen LogP contribution in [-0.2, 0) is 11.3 Å². The van der Waals surface area contributed by atoms with Crippen LogP contribution in [0.4, 0.5) is 10.5 Å². The van der Waals surface area contributed by atoms with Crippen LogP contribution in [0.5, 0.6) is 0 Å². The third kappa shape index (κ3) is 3.56. The van der Waals surface area contributed by atoms with Crippen LogP contribution < -0.4 is 10.6 Å². The molecule has 2 aromatic heterocycles. The van der Waals surface area contributed by atoms with Gasteiger partial charge in [0.15, 0.2) is 0 Å². The van der Waals surface area contributed by atoms with E-state index < -0.39 is 11.6 Å². The summed E-state index contributed by atoms with van der Waals surface area (Å²) in [5, 5.41) is 5.47.